The molecule has 3 aromatic rings. The number of methoxy groups -OCH3 is 1. The van der Waals surface area contributed by atoms with Crippen LogP contribution < -0.4 is 16.0 Å². The third-order valence-electron chi connectivity index (χ3n) is 13.9. The van der Waals surface area contributed by atoms with Gasteiger partial charge in [-0.1, -0.05) is 91.4 Å². The molecule has 0 aromatic carbocycles. The van der Waals surface area contributed by atoms with Crippen molar-refractivity contribution in [1.29, 1.82) is 0 Å². The fraction of sp³-hybridized carbons (Fsp3) is 0.519. The van der Waals surface area contributed by atoms with Crippen molar-refractivity contribution in [3.63, 3.8) is 0 Å². The van der Waals surface area contributed by atoms with Crippen molar-refractivity contribution >= 4 is 47.6 Å². The van der Waals surface area contributed by atoms with Crippen LogP contribution in [0.1, 0.15) is 167 Å². The highest BCUT2D eigenvalue weighted by Gasteiger charge is 2.48. The lowest BCUT2D eigenvalue weighted by atomic mass is 9.85. The Hall–Kier alpha value is -5.05. The molecule has 3 aromatic heterocycles. The van der Waals surface area contributed by atoms with Crippen LogP contribution in [0, 0.1) is 50.4 Å². The number of H-pyrrole nitrogens is 3. The minimum Gasteiger partial charge on any atom is -0.468 e. The van der Waals surface area contributed by atoms with Crippen LogP contribution in [0.3, 0.4) is 0 Å². The van der Waals surface area contributed by atoms with Gasteiger partial charge in [0.2, 0.25) is 0 Å². The normalized spacial score (nSPS) is 22.4. The lowest BCUT2D eigenvalue weighted by molar-refractivity contribution is -0.143. The number of carbonyl (C=O) groups excluding carboxylic acids is 3. The molecule has 1 fully saturated rings. The van der Waals surface area contributed by atoms with E-state index in [1.807, 2.05) is 19.1 Å². The van der Waals surface area contributed by atoms with E-state index in [1.54, 1.807) is 0 Å². The quantitative estimate of drug-likeness (QED) is 0.0574. The van der Waals surface area contributed by atoms with Crippen molar-refractivity contribution in [3.05, 3.63) is 96.5 Å². The van der Waals surface area contributed by atoms with Gasteiger partial charge in [0, 0.05) is 74.1 Å². The Kier molecular flexibility index (Phi) is 14.7. The maximum Gasteiger partial charge on any atom is 0.321 e. The van der Waals surface area contributed by atoms with E-state index in [0.29, 0.717) is 23.3 Å². The molecule has 8 bridgehead atoms. The number of hydrogen-bond donors (Lipinski definition) is 4. The molecule has 0 saturated carbocycles. The Morgan fingerprint density at radius 2 is 1.56 bits per heavy atom. The Morgan fingerprint density at radius 1 is 0.869 bits per heavy atom. The highest BCUT2D eigenvalue weighted by atomic mass is 16.5. The third kappa shape index (κ3) is 9.56. The first-order valence-corrected chi connectivity index (χ1v) is 22.9. The topological polar surface area (TPSA) is 129 Å². The van der Waals surface area contributed by atoms with Crippen LogP contribution in [0.25, 0.3) is 29.9 Å². The predicted molar refractivity (Wildman–Crippen MR) is 248 cm³/mol. The van der Waals surface area contributed by atoms with E-state index in [0.717, 1.165) is 92.5 Å². The van der Waals surface area contributed by atoms with Gasteiger partial charge < -0.3 is 29.7 Å². The molecule has 5 atom stereocenters. The fourth-order valence-corrected chi connectivity index (χ4v) is 10.0. The van der Waals surface area contributed by atoms with Crippen LogP contribution in [0.5, 0.6) is 0 Å². The van der Waals surface area contributed by atoms with Gasteiger partial charge in [0.05, 0.1) is 12.8 Å². The van der Waals surface area contributed by atoms with Gasteiger partial charge >= 0.3 is 11.9 Å². The summed E-state index contributed by atoms with van der Waals surface area (Å²) in [6, 6.07) is 0. The molecule has 1 aliphatic carbocycles. The van der Waals surface area contributed by atoms with Gasteiger partial charge in [-0.2, -0.15) is 0 Å². The number of aromatic amines is 3. The Balaban J connectivity index is 1.28. The van der Waals surface area contributed by atoms with Crippen LogP contribution in [0.4, 0.5) is 0 Å². The number of carbonyl (C=O) groups is 3. The summed E-state index contributed by atoms with van der Waals surface area (Å²) in [5.41, 5.74) is 12.5. The van der Waals surface area contributed by atoms with Crippen LogP contribution >= 0.6 is 0 Å². The van der Waals surface area contributed by atoms with Gasteiger partial charge in [-0.25, -0.2) is 0 Å². The highest BCUT2D eigenvalue weighted by molar-refractivity contribution is 6.24. The zero-order valence-corrected chi connectivity index (χ0v) is 38.5. The summed E-state index contributed by atoms with van der Waals surface area (Å²) in [5.74, 6) is -1.06. The maximum absolute atomic E-state index is 14.4. The van der Waals surface area contributed by atoms with E-state index in [2.05, 4.69) is 100 Å². The molecule has 4 N–H and O–H groups in total. The number of nitrogens with one attached hydrogen (secondary N) is 4. The first kappa shape index (κ1) is 45.5. The molecule has 5 heterocycles. The molecule has 0 spiro atoms. The number of ether oxygens (including phenoxy) is 2. The van der Waals surface area contributed by atoms with Gasteiger partial charge in [-0.15, -0.1) is 0 Å². The number of ketones is 1. The molecular weight excluding hydrogens is 761 g/mol. The number of rotatable bonds is 18. The van der Waals surface area contributed by atoms with Crippen molar-refractivity contribution in [1.82, 2.24) is 20.3 Å². The summed E-state index contributed by atoms with van der Waals surface area (Å²) in [4.78, 5) is 52.3. The number of fused-ring (bicyclic) bond motifs is 7. The first-order valence-electron chi connectivity index (χ1n) is 22.9. The Morgan fingerprint density at radius 3 is 2.25 bits per heavy atom. The molecule has 328 valence electrons. The second-order valence-corrected chi connectivity index (χ2v) is 18.2. The maximum atomic E-state index is 14.4. The zero-order valence-electron chi connectivity index (χ0n) is 38.5. The largest absolute Gasteiger partial charge is 0.468 e. The summed E-state index contributed by atoms with van der Waals surface area (Å²) >= 11 is 0. The second-order valence-electron chi connectivity index (χ2n) is 18.2. The molecule has 0 unspecified atom stereocenters. The first-order chi connectivity index (χ1) is 29.2. The van der Waals surface area contributed by atoms with Gasteiger partial charge in [-0.3, -0.25) is 14.4 Å². The number of hydrogen-bond acceptors (Lipinski definition) is 6. The minimum atomic E-state index is -1.14. The molecule has 6 rings (SSSR count). The van der Waals surface area contributed by atoms with Crippen LogP contribution in [-0.4, -0.2) is 46.4 Å². The number of esters is 2. The van der Waals surface area contributed by atoms with Crippen molar-refractivity contribution < 1.29 is 23.9 Å². The summed E-state index contributed by atoms with van der Waals surface area (Å²) < 4.78 is 11.1. The summed E-state index contributed by atoms with van der Waals surface area (Å²) in [7, 11) is 1.32. The predicted octanol–water partition coefficient (Wildman–Crippen LogP) is 10.0. The molecule has 1 saturated heterocycles. The van der Waals surface area contributed by atoms with Gasteiger partial charge in [-0.05, 0) is 112 Å². The summed E-state index contributed by atoms with van der Waals surface area (Å²) in [5, 5.41) is 5.66. The van der Waals surface area contributed by atoms with E-state index >= 15 is 0 Å². The van der Waals surface area contributed by atoms with Crippen molar-refractivity contribution in [2.45, 2.75) is 133 Å². The number of aromatic nitrogens is 3. The molecule has 61 heavy (non-hydrogen) atoms. The number of allylic oxidation sites excluding steroid dienone is 3. The SMILES string of the molecule is C=Cc1c2[nH]c(c1C)/C=C1\N/C(=C3\c4[nH]c(c(C)c4C(=O)[C@@H]3C(=O)OC)/C=c3\[nH]/c(c(C)c3CC)=C\2)[C@@H](CCC(=O)OC/C=C(/C)CCC[C@H](C)CCC[C@H](C)CCC)[C@@H]1C. The van der Waals surface area contributed by atoms with E-state index in [1.165, 1.54) is 56.8 Å². The van der Waals surface area contributed by atoms with E-state index in [-0.39, 0.29) is 36.6 Å². The van der Waals surface area contributed by atoms with Gasteiger partial charge in [0.1, 0.15) is 12.5 Å². The van der Waals surface area contributed by atoms with Crippen LogP contribution in [-0.2, 0) is 25.5 Å². The van der Waals surface area contributed by atoms with E-state index < -0.39 is 11.9 Å². The summed E-state index contributed by atoms with van der Waals surface area (Å²) in [6.45, 7) is 24.0. The van der Waals surface area contributed by atoms with Crippen LogP contribution in [0.2, 0.25) is 0 Å². The molecule has 0 amide bonds. The molecule has 2 aliphatic heterocycles. The monoisotopic (exact) mass is 831 g/mol. The average molecular weight is 831 g/mol. The van der Waals surface area contributed by atoms with Crippen molar-refractivity contribution in [2.24, 2.45) is 29.6 Å². The molecule has 9 heteroatoms. The molecule has 3 aliphatic rings. The molecule has 9 nitrogen and oxygen atoms in total. The Labute approximate surface area is 363 Å². The van der Waals surface area contributed by atoms with E-state index in [4.69, 9.17) is 9.47 Å². The molecular formula is C52H70N4O5. The van der Waals surface area contributed by atoms with E-state index in [9.17, 15) is 14.4 Å². The summed E-state index contributed by atoms with van der Waals surface area (Å²) in [6.07, 6.45) is 21.6. The van der Waals surface area contributed by atoms with Gasteiger partial charge in [0.25, 0.3) is 0 Å². The minimum absolute atomic E-state index is 0.0861. The van der Waals surface area contributed by atoms with Crippen molar-refractivity contribution in [2.75, 3.05) is 13.7 Å². The third-order valence-corrected chi connectivity index (χ3v) is 13.9. The fourth-order valence-electron chi connectivity index (χ4n) is 10.0. The zero-order chi connectivity index (χ0) is 44.1. The average Bonchev–Trinajstić information content (AvgIpc) is 3.97. The van der Waals surface area contributed by atoms with Gasteiger partial charge in [0.15, 0.2) is 5.78 Å². The standard InChI is InChI=1S/C52H70N4O5/c1-12-17-29(4)18-15-19-30(5)20-16-21-31(6)24-25-61-45(57)23-22-38-34(9)41-26-39-32(7)36(13-2)43(53-39)27-40-33(8)37(14-3)44(54-40)28-42-35(10)46-50(56-42)47(49(38)55-41)48(51(46)58)52(59)60-11/h13,24,26-30,34,38,48,53-56H,2,12,14-23,25H2,1,3-11H3/b31-24-,40-27-,41-26-,44-28-,49-47-/t29-,30-,34+,38+,48-/m1/s1. The smallest absolute Gasteiger partial charge is 0.321 e. The van der Waals surface area contributed by atoms with Crippen LogP contribution in [0.15, 0.2) is 29.6 Å². The number of Topliss-reactive ketones (excluding diaryl/α,β-unsaturated/α-hetero) is 1. The second kappa shape index (κ2) is 19.8. The lowest BCUT2D eigenvalue weighted by Gasteiger charge is -2.19. The highest BCUT2D eigenvalue weighted by Crippen LogP contribution is 2.48. The molecule has 0 radical (unpaired) electrons. The van der Waals surface area contributed by atoms with Crippen molar-refractivity contribution in [3.8, 4) is 0 Å². The Bertz CT molecular complexity index is 2380. The lowest BCUT2D eigenvalue weighted by Crippen LogP contribution is -2.25.